The second-order valence-electron chi connectivity index (χ2n) is 10.9. The van der Waals surface area contributed by atoms with E-state index in [9.17, 15) is 4.79 Å². The zero-order chi connectivity index (χ0) is 26.5. The van der Waals surface area contributed by atoms with Gasteiger partial charge in [0.2, 0.25) is 11.8 Å². The van der Waals surface area contributed by atoms with Crippen molar-refractivity contribution < 1.29 is 9.53 Å². The van der Waals surface area contributed by atoms with Crippen LogP contribution in [-0.4, -0.2) is 104 Å². The zero-order valence-electron chi connectivity index (χ0n) is 22.7. The number of morpholine rings is 1. The number of carbonyl (C=O) groups is 1. The highest BCUT2D eigenvalue weighted by Gasteiger charge is 2.31. The van der Waals surface area contributed by atoms with Crippen LogP contribution in [0.4, 0.5) is 5.82 Å². The lowest BCUT2D eigenvalue weighted by Gasteiger charge is -2.34. The Morgan fingerprint density at radius 1 is 0.974 bits per heavy atom. The SMILES string of the molecule is CCc1nc2ccccc2n1-c1nc(N2CCOCC2)c2nc(C(=O)N3CCN(CC4CC4)CC3)n(C)c2n1. The van der Waals surface area contributed by atoms with E-state index in [2.05, 4.69) is 16.7 Å². The van der Waals surface area contributed by atoms with Crippen LogP contribution in [0.5, 0.6) is 0 Å². The van der Waals surface area contributed by atoms with Gasteiger partial charge in [-0.3, -0.25) is 14.3 Å². The van der Waals surface area contributed by atoms with Crippen LogP contribution in [0.3, 0.4) is 0 Å². The lowest BCUT2D eigenvalue weighted by atomic mass is 10.2. The Morgan fingerprint density at radius 2 is 1.74 bits per heavy atom. The molecule has 2 saturated heterocycles. The fraction of sp³-hybridized carbons (Fsp3) is 0.536. The number of piperazine rings is 1. The van der Waals surface area contributed by atoms with E-state index in [1.807, 2.05) is 45.3 Å². The first-order valence-electron chi connectivity index (χ1n) is 14.2. The lowest BCUT2D eigenvalue weighted by molar-refractivity contribution is 0.0617. The number of rotatable bonds is 6. The van der Waals surface area contributed by atoms with Crippen LogP contribution < -0.4 is 4.90 Å². The average Bonchev–Trinajstić information content (AvgIpc) is 3.62. The van der Waals surface area contributed by atoms with Gasteiger partial charge in [-0.05, 0) is 30.9 Å². The van der Waals surface area contributed by atoms with Crippen molar-refractivity contribution in [1.82, 2.24) is 38.9 Å². The Bertz CT molecular complexity index is 1530. The van der Waals surface area contributed by atoms with E-state index in [4.69, 9.17) is 24.7 Å². The number of nitrogens with zero attached hydrogens (tertiary/aromatic N) is 9. The Morgan fingerprint density at radius 3 is 2.49 bits per heavy atom. The molecule has 0 radical (unpaired) electrons. The molecule has 3 aromatic heterocycles. The minimum atomic E-state index is -0.0432. The molecular formula is C28H35N9O2. The molecule has 4 aromatic rings. The van der Waals surface area contributed by atoms with Gasteiger partial charge in [0.15, 0.2) is 17.0 Å². The number of carbonyl (C=O) groups excluding carboxylic acids is 1. The van der Waals surface area contributed by atoms with Crippen molar-refractivity contribution in [3.05, 3.63) is 35.9 Å². The van der Waals surface area contributed by atoms with Crippen LogP contribution in [0.25, 0.3) is 28.1 Å². The molecule has 3 aliphatic rings. The number of para-hydroxylation sites is 2. The van der Waals surface area contributed by atoms with Crippen LogP contribution in [0, 0.1) is 5.92 Å². The molecule has 1 aliphatic carbocycles. The summed E-state index contributed by atoms with van der Waals surface area (Å²) in [6.45, 7) is 9.21. The normalized spacial score (nSPS) is 18.9. The number of aromatic nitrogens is 6. The number of imidazole rings is 2. The Hall–Kier alpha value is -3.57. The summed E-state index contributed by atoms with van der Waals surface area (Å²) < 4.78 is 9.50. The Balaban J connectivity index is 1.30. The van der Waals surface area contributed by atoms with Crippen molar-refractivity contribution in [2.24, 2.45) is 13.0 Å². The van der Waals surface area contributed by atoms with E-state index >= 15 is 0 Å². The number of aryl methyl sites for hydroxylation is 2. The van der Waals surface area contributed by atoms with Gasteiger partial charge in [-0.2, -0.15) is 9.97 Å². The zero-order valence-corrected chi connectivity index (χ0v) is 22.7. The number of amides is 1. The van der Waals surface area contributed by atoms with Crippen molar-refractivity contribution in [2.45, 2.75) is 26.2 Å². The van der Waals surface area contributed by atoms with Crippen LogP contribution in [0.1, 0.15) is 36.2 Å². The summed E-state index contributed by atoms with van der Waals surface area (Å²) in [7, 11) is 1.89. The minimum absolute atomic E-state index is 0.0432. The van der Waals surface area contributed by atoms with Crippen molar-refractivity contribution in [3.63, 3.8) is 0 Å². The van der Waals surface area contributed by atoms with E-state index in [1.54, 1.807) is 0 Å². The van der Waals surface area contributed by atoms with E-state index in [1.165, 1.54) is 12.8 Å². The second-order valence-corrected chi connectivity index (χ2v) is 10.9. The van der Waals surface area contributed by atoms with E-state index in [0.29, 0.717) is 49.2 Å². The Labute approximate surface area is 227 Å². The molecule has 11 heteroatoms. The van der Waals surface area contributed by atoms with Gasteiger partial charge in [-0.15, -0.1) is 0 Å². The monoisotopic (exact) mass is 529 g/mol. The molecule has 0 atom stereocenters. The molecule has 5 heterocycles. The summed E-state index contributed by atoms with van der Waals surface area (Å²) in [6.07, 6.45) is 3.44. The molecule has 204 valence electrons. The van der Waals surface area contributed by atoms with Gasteiger partial charge in [0.25, 0.3) is 5.91 Å². The number of ether oxygens (including phenoxy) is 1. The molecule has 0 unspecified atom stereocenters. The predicted molar refractivity (Wildman–Crippen MR) is 148 cm³/mol. The van der Waals surface area contributed by atoms with Gasteiger partial charge in [-0.25, -0.2) is 9.97 Å². The molecule has 7 rings (SSSR count). The van der Waals surface area contributed by atoms with Crippen LogP contribution in [0.15, 0.2) is 24.3 Å². The third-order valence-corrected chi connectivity index (χ3v) is 8.21. The highest BCUT2D eigenvalue weighted by atomic mass is 16.5. The summed E-state index contributed by atoms with van der Waals surface area (Å²) in [6, 6.07) is 8.06. The fourth-order valence-electron chi connectivity index (χ4n) is 5.80. The molecule has 1 aromatic carbocycles. The van der Waals surface area contributed by atoms with Gasteiger partial charge >= 0.3 is 0 Å². The Kier molecular flexibility index (Phi) is 6.19. The first-order chi connectivity index (χ1) is 19.1. The van der Waals surface area contributed by atoms with Gasteiger partial charge in [0.1, 0.15) is 5.82 Å². The molecular weight excluding hydrogens is 494 g/mol. The second kappa shape index (κ2) is 9.87. The van der Waals surface area contributed by atoms with E-state index < -0.39 is 0 Å². The standard InChI is InChI=1S/C28H35N9O2/c1-3-22-29-20-6-4-5-7-21(20)37(22)28-31-24-23(25(32-28)35-14-16-39-17-15-35)30-26(33(24)2)27(38)36-12-10-34(11-13-36)18-19-8-9-19/h4-7,19H,3,8-18H2,1-2H3. The van der Waals surface area contributed by atoms with Crippen molar-refractivity contribution in [2.75, 3.05) is 63.9 Å². The van der Waals surface area contributed by atoms with Crippen molar-refractivity contribution in [1.29, 1.82) is 0 Å². The maximum atomic E-state index is 13.7. The topological polar surface area (TPSA) is 97.4 Å². The number of hydrogen-bond donors (Lipinski definition) is 0. The first-order valence-corrected chi connectivity index (χ1v) is 14.2. The van der Waals surface area contributed by atoms with Crippen LogP contribution in [-0.2, 0) is 18.2 Å². The van der Waals surface area contributed by atoms with E-state index in [0.717, 1.165) is 67.7 Å². The molecule has 0 spiro atoms. The van der Waals surface area contributed by atoms with Gasteiger partial charge in [0.05, 0.1) is 24.2 Å². The van der Waals surface area contributed by atoms with E-state index in [-0.39, 0.29) is 5.91 Å². The third-order valence-electron chi connectivity index (χ3n) is 8.21. The molecule has 11 nitrogen and oxygen atoms in total. The molecule has 39 heavy (non-hydrogen) atoms. The fourth-order valence-corrected chi connectivity index (χ4v) is 5.80. The quantitative estimate of drug-likeness (QED) is 0.375. The lowest BCUT2D eigenvalue weighted by Crippen LogP contribution is -2.49. The molecule has 0 bridgehead atoms. The minimum Gasteiger partial charge on any atom is -0.378 e. The summed E-state index contributed by atoms with van der Waals surface area (Å²) in [5, 5.41) is 0. The highest BCUT2D eigenvalue weighted by molar-refractivity contribution is 5.96. The third kappa shape index (κ3) is 4.43. The molecule has 2 aliphatic heterocycles. The molecule has 3 fully saturated rings. The summed E-state index contributed by atoms with van der Waals surface area (Å²) in [4.78, 5) is 40.2. The smallest absolute Gasteiger partial charge is 0.290 e. The molecule has 1 saturated carbocycles. The average molecular weight is 530 g/mol. The molecule has 0 N–H and O–H groups in total. The number of hydrogen-bond acceptors (Lipinski definition) is 8. The maximum absolute atomic E-state index is 13.7. The van der Waals surface area contributed by atoms with Crippen molar-refractivity contribution in [3.8, 4) is 5.95 Å². The number of anilines is 1. The predicted octanol–water partition coefficient (Wildman–Crippen LogP) is 2.27. The van der Waals surface area contributed by atoms with Gasteiger partial charge in [-0.1, -0.05) is 19.1 Å². The summed E-state index contributed by atoms with van der Waals surface area (Å²) in [5.41, 5.74) is 3.18. The van der Waals surface area contributed by atoms with Crippen LogP contribution >= 0.6 is 0 Å². The van der Waals surface area contributed by atoms with Crippen molar-refractivity contribution >= 4 is 33.9 Å². The first kappa shape index (κ1) is 24.5. The summed E-state index contributed by atoms with van der Waals surface area (Å²) >= 11 is 0. The van der Waals surface area contributed by atoms with Gasteiger partial charge < -0.3 is 19.1 Å². The molecule has 1 amide bonds. The highest BCUT2D eigenvalue weighted by Crippen LogP contribution is 2.31. The number of fused-ring (bicyclic) bond motifs is 2. The van der Waals surface area contributed by atoms with Gasteiger partial charge in [0, 0.05) is 59.3 Å². The summed E-state index contributed by atoms with van der Waals surface area (Å²) in [5.74, 6) is 3.41. The number of benzene rings is 1. The van der Waals surface area contributed by atoms with Crippen LogP contribution in [0.2, 0.25) is 0 Å². The maximum Gasteiger partial charge on any atom is 0.290 e. The largest absolute Gasteiger partial charge is 0.378 e.